The maximum Gasteiger partial charge on any atom is 0.279 e. The van der Waals surface area contributed by atoms with Crippen molar-refractivity contribution in [2.24, 2.45) is 4.99 Å². The van der Waals surface area contributed by atoms with E-state index in [0.717, 1.165) is 23.1 Å². The minimum atomic E-state index is -3.68. The fourth-order valence-corrected chi connectivity index (χ4v) is 6.53. The SMILES string of the molecule is CCOCCn1c(=NC(=O)c2ccc(S(=O)(=O)N(C)CC3CCCO3)cc2)sc2cc(C)c(C)cc21. The van der Waals surface area contributed by atoms with Crippen LogP contribution in [0.3, 0.4) is 0 Å². The fourth-order valence-electron chi connectivity index (χ4n) is 4.20. The largest absolute Gasteiger partial charge is 0.380 e. The molecule has 1 amide bonds. The van der Waals surface area contributed by atoms with Crippen molar-refractivity contribution in [2.75, 3.05) is 33.4 Å². The minimum Gasteiger partial charge on any atom is -0.380 e. The van der Waals surface area contributed by atoms with Crippen LogP contribution in [-0.2, 0) is 26.0 Å². The molecule has 0 radical (unpaired) electrons. The number of hydrogen-bond donors (Lipinski definition) is 0. The number of carbonyl (C=O) groups excluding carboxylic acids is 1. The topological polar surface area (TPSA) is 90.2 Å². The van der Waals surface area contributed by atoms with Gasteiger partial charge in [-0.05, 0) is 81.1 Å². The Kier molecular flexibility index (Phi) is 8.41. The van der Waals surface area contributed by atoms with Crippen molar-refractivity contribution in [3.05, 3.63) is 57.9 Å². The molecule has 0 bridgehead atoms. The normalized spacial score (nSPS) is 16.9. The maximum absolute atomic E-state index is 13.1. The molecular weight excluding hydrogens is 498 g/mol. The first-order valence-electron chi connectivity index (χ1n) is 12.2. The molecule has 8 nitrogen and oxygen atoms in total. The van der Waals surface area contributed by atoms with Gasteiger partial charge in [0.05, 0.1) is 27.8 Å². The van der Waals surface area contributed by atoms with Gasteiger partial charge in [0.2, 0.25) is 10.0 Å². The van der Waals surface area contributed by atoms with E-state index in [4.69, 9.17) is 9.47 Å². The van der Waals surface area contributed by atoms with Crippen LogP contribution in [0.4, 0.5) is 0 Å². The van der Waals surface area contributed by atoms with Crippen molar-refractivity contribution >= 4 is 37.5 Å². The number of aryl methyl sites for hydroxylation is 2. The number of sulfonamides is 1. The number of aromatic nitrogens is 1. The highest BCUT2D eigenvalue weighted by molar-refractivity contribution is 7.89. The lowest BCUT2D eigenvalue weighted by Gasteiger charge is -2.20. The van der Waals surface area contributed by atoms with E-state index < -0.39 is 15.9 Å². The van der Waals surface area contributed by atoms with Crippen LogP contribution in [0.1, 0.15) is 41.3 Å². The number of hydrogen-bond acceptors (Lipinski definition) is 6. The minimum absolute atomic E-state index is 0.0762. The lowest BCUT2D eigenvalue weighted by Crippen LogP contribution is -2.34. The van der Waals surface area contributed by atoms with Gasteiger partial charge in [0, 0.05) is 38.9 Å². The summed E-state index contributed by atoms with van der Waals surface area (Å²) in [5.41, 5.74) is 3.70. The fraction of sp³-hybridized carbons (Fsp3) is 0.462. The van der Waals surface area contributed by atoms with E-state index in [2.05, 4.69) is 31.0 Å². The first-order chi connectivity index (χ1) is 17.2. The molecule has 2 aromatic carbocycles. The van der Waals surface area contributed by atoms with Crippen molar-refractivity contribution < 1.29 is 22.7 Å². The van der Waals surface area contributed by atoms with Crippen molar-refractivity contribution in [2.45, 2.75) is 51.2 Å². The maximum atomic E-state index is 13.1. The Balaban J connectivity index is 1.60. The lowest BCUT2D eigenvalue weighted by molar-refractivity contribution is 0.0979. The molecule has 1 atom stereocenters. The average Bonchev–Trinajstić information content (AvgIpc) is 3.47. The monoisotopic (exact) mass is 531 g/mol. The summed E-state index contributed by atoms with van der Waals surface area (Å²) in [7, 11) is -2.12. The van der Waals surface area contributed by atoms with Gasteiger partial charge >= 0.3 is 0 Å². The van der Waals surface area contributed by atoms with Crippen LogP contribution in [0, 0.1) is 13.8 Å². The standard InChI is InChI=1S/C26H33N3O5S2/c1-5-33-14-12-29-23-15-18(2)19(3)16-24(23)35-26(29)27-25(30)20-8-10-22(11-9-20)36(31,32)28(4)17-21-7-6-13-34-21/h8-11,15-16,21H,5-7,12-14,17H2,1-4H3. The summed E-state index contributed by atoms with van der Waals surface area (Å²) in [4.78, 5) is 18.2. The van der Waals surface area contributed by atoms with Gasteiger partial charge in [-0.3, -0.25) is 4.79 Å². The van der Waals surface area contributed by atoms with Crippen molar-refractivity contribution in [3.63, 3.8) is 0 Å². The molecule has 1 aliphatic heterocycles. The molecule has 0 N–H and O–H groups in total. The third-order valence-corrected chi connectivity index (χ3v) is 9.33. The molecule has 0 aliphatic carbocycles. The smallest absolute Gasteiger partial charge is 0.279 e. The van der Waals surface area contributed by atoms with Gasteiger partial charge in [-0.25, -0.2) is 8.42 Å². The van der Waals surface area contributed by atoms with E-state index in [-0.39, 0.29) is 11.0 Å². The Bertz CT molecular complexity index is 1400. The molecule has 194 valence electrons. The predicted octanol–water partition coefficient (Wildman–Crippen LogP) is 3.90. The van der Waals surface area contributed by atoms with Crippen LogP contribution in [0.5, 0.6) is 0 Å². The molecule has 4 rings (SSSR count). The summed E-state index contributed by atoms with van der Waals surface area (Å²) in [6.07, 6.45) is 1.73. The van der Waals surface area contributed by atoms with Gasteiger partial charge in [-0.1, -0.05) is 11.3 Å². The van der Waals surface area contributed by atoms with Crippen LogP contribution < -0.4 is 4.80 Å². The quantitative estimate of drug-likeness (QED) is 0.391. The van der Waals surface area contributed by atoms with Crippen LogP contribution in [-0.4, -0.2) is 62.7 Å². The van der Waals surface area contributed by atoms with Crippen molar-refractivity contribution in [3.8, 4) is 0 Å². The predicted molar refractivity (Wildman–Crippen MR) is 141 cm³/mol. The zero-order valence-electron chi connectivity index (χ0n) is 21.2. The van der Waals surface area contributed by atoms with Gasteiger partial charge in [0.1, 0.15) is 0 Å². The number of amides is 1. The van der Waals surface area contributed by atoms with Gasteiger partial charge in [0.15, 0.2) is 4.80 Å². The van der Waals surface area contributed by atoms with E-state index in [1.165, 1.54) is 51.0 Å². The zero-order chi connectivity index (χ0) is 25.9. The lowest BCUT2D eigenvalue weighted by atomic mass is 10.1. The van der Waals surface area contributed by atoms with Crippen molar-refractivity contribution in [1.82, 2.24) is 8.87 Å². The average molecular weight is 532 g/mol. The number of rotatable bonds is 9. The molecule has 1 unspecified atom stereocenters. The van der Waals surface area contributed by atoms with E-state index in [1.807, 2.05) is 11.5 Å². The first kappa shape index (κ1) is 26.7. The Morgan fingerprint density at radius 3 is 2.61 bits per heavy atom. The Hall–Kier alpha value is -2.37. The van der Waals surface area contributed by atoms with E-state index in [0.29, 0.717) is 43.3 Å². The summed E-state index contributed by atoms with van der Waals surface area (Å²) in [5, 5.41) is 0. The van der Waals surface area contributed by atoms with Crippen LogP contribution in [0.2, 0.25) is 0 Å². The van der Waals surface area contributed by atoms with Gasteiger partial charge < -0.3 is 14.0 Å². The highest BCUT2D eigenvalue weighted by Gasteiger charge is 2.26. The molecule has 2 heterocycles. The molecule has 36 heavy (non-hydrogen) atoms. The number of likely N-dealkylation sites (N-methyl/N-ethyl adjacent to an activating group) is 1. The third-order valence-electron chi connectivity index (χ3n) is 6.45. The van der Waals surface area contributed by atoms with Crippen LogP contribution in [0.15, 0.2) is 46.3 Å². The van der Waals surface area contributed by atoms with Gasteiger partial charge in [0.25, 0.3) is 5.91 Å². The third kappa shape index (κ3) is 5.78. The molecule has 3 aromatic rings. The van der Waals surface area contributed by atoms with Gasteiger partial charge in [-0.2, -0.15) is 9.30 Å². The molecule has 1 aliphatic rings. The highest BCUT2D eigenvalue weighted by Crippen LogP contribution is 2.23. The second-order valence-corrected chi connectivity index (χ2v) is 12.1. The van der Waals surface area contributed by atoms with E-state index >= 15 is 0 Å². The zero-order valence-corrected chi connectivity index (χ0v) is 22.8. The highest BCUT2D eigenvalue weighted by atomic mass is 32.2. The Labute approximate surface area is 216 Å². The number of carbonyl (C=O) groups is 1. The number of nitrogens with zero attached hydrogens (tertiary/aromatic N) is 3. The number of thiazole rings is 1. The summed E-state index contributed by atoms with van der Waals surface area (Å²) in [6, 6.07) is 10.2. The molecule has 0 saturated carbocycles. The van der Waals surface area contributed by atoms with E-state index in [1.54, 1.807) is 7.05 Å². The first-order valence-corrected chi connectivity index (χ1v) is 14.4. The second-order valence-electron chi connectivity index (χ2n) is 9.00. The van der Waals surface area contributed by atoms with Gasteiger partial charge in [-0.15, -0.1) is 0 Å². The molecule has 1 saturated heterocycles. The van der Waals surface area contributed by atoms with Crippen LogP contribution in [0.25, 0.3) is 10.2 Å². The summed E-state index contributed by atoms with van der Waals surface area (Å²) in [6.45, 7) is 8.77. The number of ether oxygens (including phenoxy) is 2. The van der Waals surface area contributed by atoms with Crippen molar-refractivity contribution in [1.29, 1.82) is 0 Å². The molecule has 10 heteroatoms. The van der Waals surface area contributed by atoms with E-state index in [9.17, 15) is 13.2 Å². The number of benzene rings is 2. The molecule has 1 aromatic heterocycles. The summed E-state index contributed by atoms with van der Waals surface area (Å²) in [5.74, 6) is -0.420. The summed E-state index contributed by atoms with van der Waals surface area (Å²) < 4.78 is 41.4. The molecular formula is C26H33N3O5S2. The second kappa shape index (κ2) is 11.4. The Morgan fingerprint density at radius 1 is 1.22 bits per heavy atom. The Morgan fingerprint density at radius 2 is 1.94 bits per heavy atom. The molecule has 0 spiro atoms. The number of fused-ring (bicyclic) bond motifs is 1. The van der Waals surface area contributed by atoms with Crippen LogP contribution >= 0.6 is 11.3 Å². The molecule has 1 fully saturated rings. The summed E-state index contributed by atoms with van der Waals surface area (Å²) >= 11 is 1.46.